The Hall–Kier alpha value is -4.09. The van der Waals surface area contributed by atoms with Crippen molar-refractivity contribution in [2.75, 3.05) is 11.4 Å². The van der Waals surface area contributed by atoms with Gasteiger partial charge < -0.3 is 19.9 Å². The Balaban J connectivity index is 1.49. The fraction of sp³-hybridized carbons (Fsp3) is 0.273. The molecular formula is C22H18F3N5O4. The topological polar surface area (TPSA) is 109 Å². The maximum Gasteiger partial charge on any atom is 0.279 e. The number of aromatic nitrogens is 3. The number of anilines is 1. The Morgan fingerprint density at radius 3 is 2.62 bits per heavy atom. The van der Waals surface area contributed by atoms with Gasteiger partial charge >= 0.3 is 0 Å². The standard InChI is InChI=1S/C22H18F3N5O4/c1-28-9-17-16(27-28)3-2-11-7-30(17)22(34)18-20(32)19(31)13(8-29(11)18)21(33)26-6-12-14(24)4-10(23)5-15(12)25/h4-5,8-9,11,32H,2-3,6-7H2,1H3,(H,26,33). The van der Waals surface area contributed by atoms with Gasteiger partial charge in [-0.05, 0) is 12.8 Å². The Bertz CT molecular complexity index is 1410. The van der Waals surface area contributed by atoms with Crippen molar-refractivity contribution >= 4 is 17.5 Å². The molecule has 2 N–H and O–H groups in total. The van der Waals surface area contributed by atoms with Gasteiger partial charge in [0.25, 0.3) is 11.8 Å². The number of rotatable bonds is 3. The van der Waals surface area contributed by atoms with Crippen molar-refractivity contribution in [1.29, 1.82) is 0 Å². The highest BCUT2D eigenvalue weighted by atomic mass is 19.1. The largest absolute Gasteiger partial charge is 0.503 e. The zero-order valence-corrected chi connectivity index (χ0v) is 17.8. The Labute approximate surface area is 190 Å². The summed E-state index contributed by atoms with van der Waals surface area (Å²) in [7, 11) is 1.73. The van der Waals surface area contributed by atoms with E-state index in [1.807, 2.05) is 0 Å². The lowest BCUT2D eigenvalue weighted by Crippen LogP contribution is -2.44. The number of pyridine rings is 1. The number of carbonyl (C=O) groups is 2. The summed E-state index contributed by atoms with van der Waals surface area (Å²) >= 11 is 0. The minimum Gasteiger partial charge on any atom is -0.503 e. The minimum atomic E-state index is -1.19. The second kappa shape index (κ2) is 7.75. The first-order chi connectivity index (χ1) is 16.2. The summed E-state index contributed by atoms with van der Waals surface area (Å²) in [4.78, 5) is 40.1. The molecule has 0 saturated heterocycles. The zero-order valence-electron chi connectivity index (χ0n) is 17.8. The van der Waals surface area contributed by atoms with Crippen LogP contribution in [0.3, 0.4) is 0 Å². The van der Waals surface area contributed by atoms with Crippen LogP contribution in [0.1, 0.15) is 44.6 Å². The maximum atomic E-state index is 13.9. The van der Waals surface area contributed by atoms with Crippen molar-refractivity contribution in [3.05, 3.63) is 74.7 Å². The van der Waals surface area contributed by atoms with E-state index in [2.05, 4.69) is 10.4 Å². The van der Waals surface area contributed by atoms with E-state index in [4.69, 9.17) is 0 Å². The van der Waals surface area contributed by atoms with Crippen LogP contribution < -0.4 is 15.6 Å². The lowest BCUT2D eigenvalue weighted by atomic mass is 10.1. The molecule has 176 valence electrons. The highest BCUT2D eigenvalue weighted by Crippen LogP contribution is 2.36. The molecule has 9 nitrogen and oxygen atoms in total. The van der Waals surface area contributed by atoms with Crippen LogP contribution in [-0.2, 0) is 20.0 Å². The van der Waals surface area contributed by atoms with E-state index in [-0.39, 0.29) is 18.3 Å². The smallest absolute Gasteiger partial charge is 0.279 e. The molecule has 1 atom stereocenters. The molecule has 0 saturated carbocycles. The molecule has 34 heavy (non-hydrogen) atoms. The maximum absolute atomic E-state index is 13.9. The molecule has 5 rings (SSSR count). The van der Waals surface area contributed by atoms with Gasteiger partial charge in [-0.3, -0.25) is 19.1 Å². The summed E-state index contributed by atoms with van der Waals surface area (Å²) in [6.45, 7) is -0.406. The van der Waals surface area contributed by atoms with Crippen LogP contribution in [0.5, 0.6) is 5.75 Å². The van der Waals surface area contributed by atoms with Gasteiger partial charge in [0.2, 0.25) is 5.43 Å². The van der Waals surface area contributed by atoms with Gasteiger partial charge in [0, 0.05) is 50.2 Å². The highest BCUT2D eigenvalue weighted by molar-refractivity contribution is 6.08. The molecule has 1 unspecified atom stereocenters. The van der Waals surface area contributed by atoms with Gasteiger partial charge in [0.1, 0.15) is 23.0 Å². The van der Waals surface area contributed by atoms with Crippen LogP contribution >= 0.6 is 0 Å². The van der Waals surface area contributed by atoms with Crippen LogP contribution in [0.4, 0.5) is 18.9 Å². The lowest BCUT2D eigenvalue weighted by molar-refractivity contribution is 0.0929. The number of carbonyl (C=O) groups excluding carboxylic acids is 2. The average Bonchev–Trinajstić information content (AvgIpc) is 3.06. The van der Waals surface area contributed by atoms with Crippen molar-refractivity contribution < 1.29 is 27.9 Å². The number of hydrogen-bond acceptors (Lipinski definition) is 5. The molecule has 0 spiro atoms. The summed E-state index contributed by atoms with van der Waals surface area (Å²) in [5.41, 5.74) is -1.12. The van der Waals surface area contributed by atoms with Crippen molar-refractivity contribution in [1.82, 2.24) is 19.7 Å². The van der Waals surface area contributed by atoms with Gasteiger partial charge in [-0.25, -0.2) is 13.2 Å². The summed E-state index contributed by atoms with van der Waals surface area (Å²) in [5, 5.41) is 17.2. The van der Waals surface area contributed by atoms with Gasteiger partial charge in [-0.15, -0.1) is 0 Å². The molecule has 2 aromatic heterocycles. The monoisotopic (exact) mass is 473 g/mol. The van der Waals surface area contributed by atoms with Gasteiger partial charge in [0.15, 0.2) is 11.4 Å². The first-order valence-electron chi connectivity index (χ1n) is 10.4. The Kier molecular flexibility index (Phi) is 4.95. The predicted molar refractivity (Wildman–Crippen MR) is 112 cm³/mol. The molecule has 0 fully saturated rings. The second-order valence-corrected chi connectivity index (χ2v) is 8.25. The van der Waals surface area contributed by atoms with E-state index < -0.39 is 58.1 Å². The van der Waals surface area contributed by atoms with Crippen molar-refractivity contribution in [2.45, 2.75) is 25.4 Å². The van der Waals surface area contributed by atoms with Crippen molar-refractivity contribution in [2.24, 2.45) is 7.05 Å². The van der Waals surface area contributed by atoms with Crippen molar-refractivity contribution in [3.63, 3.8) is 0 Å². The molecule has 4 heterocycles. The number of benzene rings is 1. The summed E-state index contributed by atoms with van der Waals surface area (Å²) in [6.07, 6.45) is 3.92. The first kappa shape index (κ1) is 21.7. The highest BCUT2D eigenvalue weighted by Gasteiger charge is 2.39. The average molecular weight is 473 g/mol. The number of fused-ring (bicyclic) bond motifs is 6. The SMILES string of the molecule is Cn1cc2c(n1)CCC1CN2C(=O)c2c(O)c(=O)c(C(=O)NCc3c(F)cc(F)cc3F)cn21. The lowest BCUT2D eigenvalue weighted by Gasteiger charge is -2.34. The Morgan fingerprint density at radius 2 is 1.91 bits per heavy atom. The van der Waals surface area contributed by atoms with Gasteiger partial charge in [-0.2, -0.15) is 5.10 Å². The number of aryl methyl sites for hydroxylation is 2. The number of halogens is 3. The molecule has 2 amide bonds. The van der Waals surface area contributed by atoms with Crippen LogP contribution in [0, 0.1) is 17.5 Å². The van der Waals surface area contributed by atoms with Crippen LogP contribution in [0.15, 0.2) is 29.3 Å². The predicted octanol–water partition coefficient (Wildman–Crippen LogP) is 1.78. The summed E-state index contributed by atoms with van der Waals surface area (Å²) in [5.74, 6) is -6.00. The molecule has 3 aromatic rings. The first-order valence-corrected chi connectivity index (χ1v) is 10.4. The zero-order chi connectivity index (χ0) is 24.3. The molecule has 0 aliphatic carbocycles. The molecule has 1 aromatic carbocycles. The van der Waals surface area contributed by atoms with Gasteiger partial charge in [-0.1, -0.05) is 0 Å². The quantitative estimate of drug-likeness (QED) is 0.603. The van der Waals surface area contributed by atoms with Crippen molar-refractivity contribution in [3.8, 4) is 5.75 Å². The normalized spacial score (nSPS) is 16.6. The Morgan fingerprint density at radius 1 is 1.21 bits per heavy atom. The number of nitrogens with one attached hydrogen (secondary N) is 1. The summed E-state index contributed by atoms with van der Waals surface area (Å²) in [6, 6.07) is 0.596. The number of aromatic hydroxyl groups is 1. The molecular weight excluding hydrogens is 455 g/mol. The van der Waals surface area contributed by atoms with E-state index in [1.165, 1.54) is 15.7 Å². The third-order valence-corrected chi connectivity index (χ3v) is 6.11. The second-order valence-electron chi connectivity index (χ2n) is 8.25. The van der Waals surface area contributed by atoms with E-state index in [9.17, 15) is 32.7 Å². The van der Waals surface area contributed by atoms with E-state index in [0.29, 0.717) is 36.4 Å². The molecule has 2 aliphatic heterocycles. The van der Waals surface area contributed by atoms with Crippen LogP contribution in [0.2, 0.25) is 0 Å². The number of hydrogen-bond donors (Lipinski definition) is 2. The molecule has 2 bridgehead atoms. The van der Waals surface area contributed by atoms with Crippen LogP contribution in [0.25, 0.3) is 0 Å². The third-order valence-electron chi connectivity index (χ3n) is 6.11. The molecule has 0 radical (unpaired) electrons. The minimum absolute atomic E-state index is 0.245. The summed E-state index contributed by atoms with van der Waals surface area (Å²) < 4.78 is 43.8. The number of nitrogens with zero attached hydrogens (tertiary/aromatic N) is 4. The number of amides is 2. The van der Waals surface area contributed by atoms with E-state index in [1.54, 1.807) is 17.9 Å². The fourth-order valence-electron chi connectivity index (χ4n) is 4.46. The third kappa shape index (κ3) is 3.33. The fourth-order valence-corrected chi connectivity index (χ4v) is 4.46. The molecule has 2 aliphatic rings. The van der Waals surface area contributed by atoms with E-state index >= 15 is 0 Å². The van der Waals surface area contributed by atoms with Gasteiger partial charge in [0.05, 0.1) is 17.4 Å². The van der Waals surface area contributed by atoms with E-state index in [0.717, 1.165) is 0 Å². The molecule has 12 heteroatoms. The van der Waals surface area contributed by atoms with Crippen LogP contribution in [-0.4, -0.2) is 37.8 Å².